The summed E-state index contributed by atoms with van der Waals surface area (Å²) in [5.74, 6) is 7.97. The summed E-state index contributed by atoms with van der Waals surface area (Å²) in [6.45, 7) is 16.8. The van der Waals surface area contributed by atoms with Crippen molar-refractivity contribution in [1.82, 2.24) is 0 Å². The zero-order valence-corrected chi connectivity index (χ0v) is 29.4. The van der Waals surface area contributed by atoms with Gasteiger partial charge < -0.3 is 9.47 Å². The molecule has 2 heterocycles. The molecule has 3 heteroatoms. The molecule has 0 spiro atoms. The minimum atomic E-state index is -0.271. The predicted molar refractivity (Wildman–Crippen MR) is 177 cm³/mol. The highest BCUT2D eigenvalue weighted by atomic mass is 16.5. The van der Waals surface area contributed by atoms with Crippen molar-refractivity contribution < 1.29 is 14.3 Å². The third-order valence-electron chi connectivity index (χ3n) is 18.5. The van der Waals surface area contributed by atoms with Gasteiger partial charge in [-0.05, 0) is 160 Å². The molecule has 0 bridgehead atoms. The summed E-state index contributed by atoms with van der Waals surface area (Å²) in [4.78, 5) is 15.4. The Hall–Kier alpha value is -0.410. The number of hydrogen-bond donors (Lipinski definition) is 0. The highest BCUT2D eigenvalue weighted by Gasteiger charge is 2.67. The molecule has 44 heavy (non-hydrogen) atoms. The number of carbonyl (C=O) groups is 1. The maximum atomic E-state index is 15.4. The summed E-state index contributed by atoms with van der Waals surface area (Å²) in [5, 5.41) is 0. The summed E-state index contributed by atoms with van der Waals surface area (Å²) >= 11 is 0. The van der Waals surface area contributed by atoms with E-state index in [4.69, 9.17) is 9.47 Å². The second-order valence-corrected chi connectivity index (χ2v) is 19.0. The van der Waals surface area contributed by atoms with Crippen LogP contribution in [0.5, 0.6) is 0 Å². The van der Waals surface area contributed by atoms with Gasteiger partial charge in [0.05, 0.1) is 0 Å². The molecule has 8 fully saturated rings. The number of ether oxygens (including phenoxy) is 2. The van der Waals surface area contributed by atoms with Gasteiger partial charge in [-0.2, -0.15) is 0 Å². The van der Waals surface area contributed by atoms with E-state index in [0.29, 0.717) is 40.3 Å². The first kappa shape index (κ1) is 30.9. The molecule has 8 rings (SSSR count). The molecule has 248 valence electrons. The number of ketones is 1. The molecule has 0 amide bonds. The van der Waals surface area contributed by atoms with E-state index >= 15 is 4.79 Å². The van der Waals surface area contributed by atoms with Crippen molar-refractivity contribution in [1.29, 1.82) is 0 Å². The molecular weight excluding hydrogens is 540 g/mol. The Balaban J connectivity index is 1.11. The van der Waals surface area contributed by atoms with Crippen LogP contribution in [0.15, 0.2) is 0 Å². The van der Waals surface area contributed by atoms with E-state index in [9.17, 15) is 0 Å². The lowest BCUT2D eigenvalue weighted by molar-refractivity contribution is -0.226. The maximum Gasteiger partial charge on any atom is 0.191 e. The number of rotatable bonds is 4. The van der Waals surface area contributed by atoms with Gasteiger partial charge in [-0.25, -0.2) is 0 Å². The smallest absolute Gasteiger partial charge is 0.191 e. The topological polar surface area (TPSA) is 35.5 Å². The Bertz CT molecular complexity index is 1030. The summed E-state index contributed by atoms with van der Waals surface area (Å²) in [7, 11) is 0. The Morgan fingerprint density at radius 1 is 0.545 bits per heavy atom. The van der Waals surface area contributed by atoms with Crippen LogP contribution in [0.1, 0.15) is 144 Å². The van der Waals surface area contributed by atoms with E-state index in [1.54, 1.807) is 0 Å². The lowest BCUT2D eigenvalue weighted by Crippen LogP contribution is -2.66. The molecule has 2 aliphatic heterocycles. The first-order chi connectivity index (χ1) is 21.1. The molecule has 3 nitrogen and oxygen atoms in total. The number of fused-ring (bicyclic) bond motifs is 10. The van der Waals surface area contributed by atoms with Crippen molar-refractivity contribution in [3.05, 3.63) is 0 Å². The van der Waals surface area contributed by atoms with Crippen LogP contribution in [0.4, 0.5) is 0 Å². The minimum Gasteiger partial charge on any atom is -0.370 e. The van der Waals surface area contributed by atoms with Crippen LogP contribution >= 0.6 is 0 Å². The Morgan fingerprint density at radius 3 is 1.39 bits per heavy atom. The Morgan fingerprint density at radius 2 is 0.977 bits per heavy atom. The van der Waals surface area contributed by atoms with Crippen molar-refractivity contribution in [2.45, 2.75) is 156 Å². The van der Waals surface area contributed by atoms with Crippen molar-refractivity contribution in [3.8, 4) is 0 Å². The van der Waals surface area contributed by atoms with Crippen LogP contribution in [0.3, 0.4) is 0 Å². The van der Waals surface area contributed by atoms with E-state index in [1.807, 2.05) is 0 Å². The summed E-state index contributed by atoms with van der Waals surface area (Å²) in [5.41, 5.74) is 0.973. The Kier molecular flexibility index (Phi) is 7.58. The fourth-order valence-corrected chi connectivity index (χ4v) is 16.2. The first-order valence-corrected chi connectivity index (χ1v) is 19.9. The van der Waals surface area contributed by atoms with Crippen LogP contribution in [0, 0.1) is 80.8 Å². The van der Waals surface area contributed by atoms with Crippen LogP contribution < -0.4 is 0 Å². The lowest BCUT2D eigenvalue weighted by Gasteiger charge is -2.64. The van der Waals surface area contributed by atoms with Gasteiger partial charge in [0.25, 0.3) is 0 Å². The van der Waals surface area contributed by atoms with Crippen molar-refractivity contribution in [2.75, 3.05) is 13.2 Å². The third-order valence-corrected chi connectivity index (χ3v) is 18.5. The van der Waals surface area contributed by atoms with Gasteiger partial charge in [-0.15, -0.1) is 0 Å². The van der Waals surface area contributed by atoms with E-state index in [2.05, 4.69) is 41.5 Å². The number of carbonyl (C=O) groups excluding carboxylic acids is 1. The van der Waals surface area contributed by atoms with Crippen LogP contribution in [-0.2, 0) is 14.3 Å². The monoisotopic (exact) mass is 607 g/mol. The van der Waals surface area contributed by atoms with Gasteiger partial charge in [-0.1, -0.05) is 54.4 Å². The zero-order valence-electron chi connectivity index (χ0n) is 29.4. The molecule has 0 aromatic rings. The largest absolute Gasteiger partial charge is 0.370 e. The molecule has 0 radical (unpaired) electrons. The average molecular weight is 607 g/mol. The molecule has 6 saturated carbocycles. The molecular formula is C41H66O3. The van der Waals surface area contributed by atoms with Crippen LogP contribution in [0.25, 0.3) is 0 Å². The van der Waals surface area contributed by atoms with Crippen molar-refractivity contribution in [3.63, 3.8) is 0 Å². The summed E-state index contributed by atoms with van der Waals surface area (Å²) < 4.78 is 13.7. The summed E-state index contributed by atoms with van der Waals surface area (Å²) in [6.07, 6.45) is 20.9. The second kappa shape index (κ2) is 10.8. The fraction of sp³-hybridized carbons (Fsp3) is 0.976. The zero-order chi connectivity index (χ0) is 30.6. The van der Waals surface area contributed by atoms with Crippen LogP contribution in [-0.4, -0.2) is 31.2 Å². The minimum absolute atomic E-state index is 0.0322. The van der Waals surface area contributed by atoms with Gasteiger partial charge in [0.15, 0.2) is 5.78 Å². The quantitative estimate of drug-likeness (QED) is 0.319. The highest BCUT2D eigenvalue weighted by Crippen LogP contribution is 2.70. The van der Waals surface area contributed by atoms with E-state index in [1.165, 1.54) is 89.9 Å². The summed E-state index contributed by atoms with van der Waals surface area (Å²) in [6, 6.07) is 0. The molecule has 16 atom stereocenters. The lowest BCUT2D eigenvalue weighted by atomic mass is 9.43. The van der Waals surface area contributed by atoms with Gasteiger partial charge in [0.2, 0.25) is 0 Å². The van der Waals surface area contributed by atoms with Gasteiger partial charge in [0.1, 0.15) is 12.2 Å². The van der Waals surface area contributed by atoms with Gasteiger partial charge in [-0.3, -0.25) is 4.79 Å². The SMILES string of the molecule is CC[C@H]1CC[C@H]2[C@@H]3CCC4CCOC(C(=O)C5OCCC6CC[C@@H]7[C@H](CC[C@]8(C)[C@@H](CC)CC[C@@H]78)[C@]65C)[C@]4(C)[C@H]3CC[C@]12C. The van der Waals surface area contributed by atoms with E-state index < -0.39 is 0 Å². The normalized spacial score (nSPS) is 58.1. The molecule has 4 unspecified atom stereocenters. The highest BCUT2D eigenvalue weighted by molar-refractivity contribution is 5.89. The molecule has 0 aromatic carbocycles. The number of Topliss-reactive ketones (excluding diaryl/α,β-unsaturated/α-hetero) is 1. The number of hydrogen-bond acceptors (Lipinski definition) is 3. The second-order valence-electron chi connectivity index (χ2n) is 19.0. The van der Waals surface area contributed by atoms with E-state index in [-0.39, 0.29) is 23.0 Å². The first-order valence-electron chi connectivity index (χ1n) is 19.9. The molecule has 8 aliphatic rings. The maximum absolute atomic E-state index is 15.4. The standard InChI is InChI=1S/C41H66O3/c1-7-25-11-15-31-29-13-9-27-19-23-43-36(40(27,5)33(29)17-21-38(25,31)3)35(42)37-41(6)28(20-24-44-37)10-14-30-32-16-12-26(8-2)39(32,4)22-18-34(30)41/h25-34,36-37H,7-24H2,1-6H3/t25-,26-,27?,28?,29-,30-,31-,32-,33-,34-,36?,37?,38+,39+,40-,41-/m0/s1. The van der Waals surface area contributed by atoms with E-state index in [0.717, 1.165) is 61.6 Å². The molecule has 2 saturated heterocycles. The van der Waals surface area contributed by atoms with Gasteiger partial charge in [0, 0.05) is 24.0 Å². The van der Waals surface area contributed by atoms with Crippen LogP contribution in [0.2, 0.25) is 0 Å². The Labute approximate surface area is 270 Å². The fourth-order valence-electron chi connectivity index (χ4n) is 16.2. The average Bonchev–Trinajstić information content (AvgIpc) is 3.55. The van der Waals surface area contributed by atoms with Crippen molar-refractivity contribution >= 4 is 5.78 Å². The molecule has 0 aromatic heterocycles. The van der Waals surface area contributed by atoms with Gasteiger partial charge >= 0.3 is 0 Å². The van der Waals surface area contributed by atoms with Crippen molar-refractivity contribution in [2.24, 2.45) is 80.8 Å². The predicted octanol–water partition coefficient (Wildman–Crippen LogP) is 9.90. The third kappa shape index (κ3) is 3.96. The molecule has 6 aliphatic carbocycles. The molecule has 0 N–H and O–H groups in total.